The number of aliphatic hydroxyl groups is 1. The fourth-order valence-corrected chi connectivity index (χ4v) is 3.82. The van der Waals surface area contributed by atoms with Crippen LogP contribution >= 0.6 is 0 Å². The molecule has 0 aliphatic carbocycles. The number of sulfone groups is 1. The first-order valence-electron chi connectivity index (χ1n) is 4.68. The Labute approximate surface area is 80.1 Å². The lowest BCUT2D eigenvalue weighted by molar-refractivity contribution is 0.152. The molecule has 0 radical (unpaired) electrons. The fourth-order valence-electron chi connectivity index (χ4n) is 1.98. The minimum absolute atomic E-state index is 0.109. The van der Waals surface area contributed by atoms with E-state index in [1.54, 1.807) is 20.8 Å². The van der Waals surface area contributed by atoms with Gasteiger partial charge in [0, 0.05) is 0 Å². The molecule has 4 heteroatoms. The van der Waals surface area contributed by atoms with Crippen molar-refractivity contribution in [2.45, 2.75) is 44.5 Å². The van der Waals surface area contributed by atoms with Crippen molar-refractivity contribution in [3.8, 4) is 0 Å². The fraction of sp³-hybridized carbons (Fsp3) is 1.00. The molecule has 2 atom stereocenters. The van der Waals surface area contributed by atoms with E-state index in [1.165, 1.54) is 0 Å². The van der Waals surface area contributed by atoms with Crippen LogP contribution in [0.2, 0.25) is 0 Å². The summed E-state index contributed by atoms with van der Waals surface area (Å²) in [5.74, 6) is 0.384. The second-order valence-corrected chi connectivity index (χ2v) is 7.18. The monoisotopic (exact) mass is 206 g/mol. The highest BCUT2D eigenvalue weighted by atomic mass is 32.2. The van der Waals surface area contributed by atoms with Crippen LogP contribution in [0.1, 0.15) is 33.6 Å². The Morgan fingerprint density at radius 3 is 2.38 bits per heavy atom. The highest BCUT2D eigenvalue weighted by Crippen LogP contribution is 2.39. The van der Waals surface area contributed by atoms with Crippen LogP contribution < -0.4 is 0 Å². The quantitative estimate of drug-likeness (QED) is 0.732. The van der Waals surface area contributed by atoms with E-state index in [2.05, 4.69) is 0 Å². The molecule has 1 aliphatic heterocycles. The third kappa shape index (κ3) is 1.89. The average Bonchev–Trinajstić information content (AvgIpc) is 2.11. The maximum Gasteiger partial charge on any atom is 0.155 e. The zero-order valence-electron chi connectivity index (χ0n) is 8.45. The molecule has 13 heavy (non-hydrogen) atoms. The Morgan fingerprint density at radius 1 is 1.54 bits per heavy atom. The van der Waals surface area contributed by atoms with E-state index in [1.807, 2.05) is 0 Å². The summed E-state index contributed by atoms with van der Waals surface area (Å²) in [6.45, 7) is 5.24. The van der Waals surface area contributed by atoms with E-state index in [0.717, 1.165) is 0 Å². The van der Waals surface area contributed by atoms with Gasteiger partial charge in [0.05, 0.1) is 16.6 Å². The minimum atomic E-state index is -2.93. The van der Waals surface area contributed by atoms with Crippen LogP contribution in [0.3, 0.4) is 0 Å². The van der Waals surface area contributed by atoms with Gasteiger partial charge in [-0.2, -0.15) is 0 Å². The highest BCUT2D eigenvalue weighted by Gasteiger charge is 2.47. The van der Waals surface area contributed by atoms with Crippen molar-refractivity contribution in [2.75, 3.05) is 5.75 Å². The van der Waals surface area contributed by atoms with Crippen molar-refractivity contribution in [3.05, 3.63) is 0 Å². The van der Waals surface area contributed by atoms with Gasteiger partial charge in [-0.3, -0.25) is 0 Å². The van der Waals surface area contributed by atoms with E-state index in [9.17, 15) is 13.5 Å². The molecule has 0 aromatic rings. The van der Waals surface area contributed by atoms with E-state index >= 15 is 0 Å². The summed E-state index contributed by atoms with van der Waals surface area (Å²) >= 11 is 0. The summed E-state index contributed by atoms with van der Waals surface area (Å²) in [5, 5.41) is 9.22. The van der Waals surface area contributed by atoms with Crippen LogP contribution in [0, 0.1) is 5.92 Å². The Morgan fingerprint density at radius 2 is 2.08 bits per heavy atom. The van der Waals surface area contributed by atoms with Gasteiger partial charge in [0.2, 0.25) is 0 Å². The normalized spacial score (nSPS) is 33.1. The molecular formula is C9H18O3S. The van der Waals surface area contributed by atoms with Gasteiger partial charge in [-0.15, -0.1) is 0 Å². The van der Waals surface area contributed by atoms with E-state index in [4.69, 9.17) is 0 Å². The molecule has 1 fully saturated rings. The smallest absolute Gasteiger partial charge is 0.155 e. The molecule has 0 aromatic carbocycles. The molecule has 0 aromatic heterocycles. The number of hydrogen-bond acceptors (Lipinski definition) is 3. The third-order valence-electron chi connectivity index (χ3n) is 3.15. The van der Waals surface area contributed by atoms with Crippen LogP contribution in [0.4, 0.5) is 0 Å². The van der Waals surface area contributed by atoms with Gasteiger partial charge in [-0.05, 0) is 39.5 Å². The summed E-state index contributed by atoms with van der Waals surface area (Å²) in [4.78, 5) is 0. The zero-order valence-corrected chi connectivity index (χ0v) is 9.26. The van der Waals surface area contributed by atoms with Crippen LogP contribution in [0.25, 0.3) is 0 Å². The average molecular weight is 206 g/mol. The first-order valence-corrected chi connectivity index (χ1v) is 6.33. The molecule has 78 valence electrons. The van der Waals surface area contributed by atoms with Crippen molar-refractivity contribution in [2.24, 2.45) is 5.92 Å². The predicted octanol–water partition coefficient (Wildman–Crippen LogP) is 0.971. The lowest BCUT2D eigenvalue weighted by Crippen LogP contribution is -2.34. The van der Waals surface area contributed by atoms with Crippen molar-refractivity contribution >= 4 is 9.84 Å². The van der Waals surface area contributed by atoms with E-state index < -0.39 is 20.7 Å². The summed E-state index contributed by atoms with van der Waals surface area (Å²) in [7, 11) is -2.93. The second-order valence-electron chi connectivity index (χ2n) is 4.49. The molecule has 1 N–H and O–H groups in total. The van der Waals surface area contributed by atoms with Crippen LogP contribution in [0.15, 0.2) is 0 Å². The standard InChI is InChI=1S/C9H18O3S/c1-7(10)6-8-4-5-13(11,12)9(8,2)3/h7-8,10H,4-6H2,1-3H3. The summed E-state index contributed by atoms with van der Waals surface area (Å²) in [5.41, 5.74) is 0. The van der Waals surface area contributed by atoms with Gasteiger partial charge in [-0.25, -0.2) is 8.42 Å². The molecule has 1 saturated heterocycles. The molecular weight excluding hydrogens is 188 g/mol. The van der Waals surface area contributed by atoms with Crippen LogP contribution in [0.5, 0.6) is 0 Å². The molecule has 0 amide bonds. The van der Waals surface area contributed by atoms with Crippen molar-refractivity contribution in [1.29, 1.82) is 0 Å². The summed E-state index contributed by atoms with van der Waals surface area (Å²) < 4.78 is 22.5. The van der Waals surface area contributed by atoms with E-state index in [-0.39, 0.29) is 11.7 Å². The van der Waals surface area contributed by atoms with Gasteiger partial charge in [-0.1, -0.05) is 0 Å². The maximum atomic E-state index is 11.6. The first kappa shape index (κ1) is 11.0. The topological polar surface area (TPSA) is 54.4 Å². The van der Waals surface area contributed by atoms with Gasteiger partial charge in [0.15, 0.2) is 9.84 Å². The first-order chi connectivity index (χ1) is 5.77. The number of aliphatic hydroxyl groups excluding tert-OH is 1. The number of hydrogen-bond donors (Lipinski definition) is 1. The molecule has 2 unspecified atom stereocenters. The SMILES string of the molecule is CC(O)CC1CCS(=O)(=O)C1(C)C. The van der Waals surface area contributed by atoms with Crippen LogP contribution in [-0.2, 0) is 9.84 Å². The molecule has 0 saturated carbocycles. The molecule has 1 aliphatic rings. The Hall–Kier alpha value is -0.0900. The Balaban J connectivity index is 2.83. The van der Waals surface area contributed by atoms with Crippen molar-refractivity contribution in [3.63, 3.8) is 0 Å². The summed E-state index contributed by atoms with van der Waals surface area (Å²) in [6, 6.07) is 0. The van der Waals surface area contributed by atoms with Crippen LogP contribution in [-0.4, -0.2) is 30.1 Å². The lowest BCUT2D eigenvalue weighted by Gasteiger charge is -2.26. The largest absolute Gasteiger partial charge is 0.393 e. The van der Waals surface area contributed by atoms with Gasteiger partial charge < -0.3 is 5.11 Å². The highest BCUT2D eigenvalue weighted by molar-refractivity contribution is 7.93. The zero-order chi connectivity index (χ0) is 10.3. The number of rotatable bonds is 2. The maximum absolute atomic E-state index is 11.6. The van der Waals surface area contributed by atoms with Crippen molar-refractivity contribution < 1.29 is 13.5 Å². The van der Waals surface area contributed by atoms with Gasteiger partial charge >= 0.3 is 0 Å². The molecule has 0 spiro atoms. The molecule has 0 bridgehead atoms. The molecule has 1 heterocycles. The lowest BCUT2D eigenvalue weighted by atomic mass is 9.88. The predicted molar refractivity (Wildman–Crippen MR) is 52.3 cm³/mol. The Bertz CT molecular complexity index is 277. The minimum Gasteiger partial charge on any atom is -0.393 e. The molecule has 3 nitrogen and oxygen atoms in total. The van der Waals surface area contributed by atoms with Crippen molar-refractivity contribution in [1.82, 2.24) is 0 Å². The summed E-state index contributed by atoms with van der Waals surface area (Å²) in [6.07, 6.45) is 0.879. The van der Waals surface area contributed by atoms with E-state index in [0.29, 0.717) is 12.8 Å². The molecule has 1 rings (SSSR count). The van der Waals surface area contributed by atoms with Gasteiger partial charge in [0.1, 0.15) is 0 Å². The van der Waals surface area contributed by atoms with Gasteiger partial charge in [0.25, 0.3) is 0 Å². The Kier molecular flexibility index (Phi) is 2.74. The second kappa shape index (κ2) is 3.24. The third-order valence-corrected chi connectivity index (χ3v) is 5.86.